The van der Waals surface area contributed by atoms with E-state index in [2.05, 4.69) is 53.6 Å². The van der Waals surface area contributed by atoms with Gasteiger partial charge in [0.2, 0.25) is 0 Å². The minimum absolute atomic E-state index is 0.454. The van der Waals surface area contributed by atoms with E-state index in [0.29, 0.717) is 5.41 Å². The Kier molecular flexibility index (Phi) is 5.89. The molecule has 1 aromatic rings. The molecule has 0 unspecified atom stereocenters. The molecule has 21 heavy (non-hydrogen) atoms. The summed E-state index contributed by atoms with van der Waals surface area (Å²) in [4.78, 5) is 0. The number of hydrogen-bond acceptors (Lipinski definition) is 2. The Bertz CT molecular complexity index is 461. The van der Waals surface area contributed by atoms with E-state index >= 15 is 0 Å². The number of hydrogen-bond donors (Lipinski definition) is 1. The largest absolute Gasteiger partial charge is 0.316 e. The second-order valence-electron chi connectivity index (χ2n) is 6.93. The van der Waals surface area contributed by atoms with Gasteiger partial charge in [-0.15, -0.1) is 0 Å². The SMILES string of the molecule is CCc1nn(CC)c(CC2(CNCC(C)C)CCC2)c1Br. The molecule has 0 bridgehead atoms. The topological polar surface area (TPSA) is 29.9 Å². The Morgan fingerprint density at radius 1 is 1.33 bits per heavy atom. The van der Waals surface area contributed by atoms with Crippen molar-refractivity contribution in [1.29, 1.82) is 0 Å². The minimum Gasteiger partial charge on any atom is -0.316 e. The number of rotatable bonds is 8. The molecule has 0 aromatic carbocycles. The molecule has 0 saturated heterocycles. The first-order valence-electron chi connectivity index (χ1n) is 8.46. The summed E-state index contributed by atoms with van der Waals surface area (Å²) in [7, 11) is 0. The standard InChI is InChI=1S/C17H30BrN3/c1-5-14-16(18)15(21(6-2)20-14)10-17(8-7-9-17)12-19-11-13(3)4/h13,19H,5-12H2,1-4H3. The van der Waals surface area contributed by atoms with Crippen molar-refractivity contribution in [3.8, 4) is 0 Å². The van der Waals surface area contributed by atoms with E-state index in [-0.39, 0.29) is 0 Å². The maximum atomic E-state index is 4.75. The highest BCUT2D eigenvalue weighted by molar-refractivity contribution is 9.10. The maximum absolute atomic E-state index is 4.75. The van der Waals surface area contributed by atoms with Crippen molar-refractivity contribution in [3.63, 3.8) is 0 Å². The molecule has 0 spiro atoms. The molecule has 0 radical (unpaired) electrons. The molecule has 120 valence electrons. The fourth-order valence-electron chi connectivity index (χ4n) is 3.26. The zero-order valence-electron chi connectivity index (χ0n) is 14.0. The zero-order valence-corrected chi connectivity index (χ0v) is 15.6. The van der Waals surface area contributed by atoms with E-state index in [0.717, 1.165) is 38.4 Å². The first-order chi connectivity index (χ1) is 10.0. The van der Waals surface area contributed by atoms with Crippen molar-refractivity contribution in [2.45, 2.75) is 66.3 Å². The average molecular weight is 356 g/mol. The summed E-state index contributed by atoms with van der Waals surface area (Å²) in [5.74, 6) is 0.724. The smallest absolute Gasteiger partial charge is 0.0766 e. The van der Waals surface area contributed by atoms with Crippen molar-refractivity contribution < 1.29 is 0 Å². The van der Waals surface area contributed by atoms with Crippen molar-refractivity contribution in [2.24, 2.45) is 11.3 Å². The van der Waals surface area contributed by atoms with Gasteiger partial charge in [0.1, 0.15) is 0 Å². The van der Waals surface area contributed by atoms with Crippen LogP contribution >= 0.6 is 15.9 Å². The second-order valence-corrected chi connectivity index (χ2v) is 7.72. The van der Waals surface area contributed by atoms with E-state index in [1.807, 2.05) is 0 Å². The number of nitrogens with one attached hydrogen (secondary N) is 1. The van der Waals surface area contributed by atoms with Crippen LogP contribution in [0.4, 0.5) is 0 Å². The highest BCUT2D eigenvalue weighted by Crippen LogP contribution is 2.44. The molecule has 4 heteroatoms. The van der Waals surface area contributed by atoms with Gasteiger partial charge < -0.3 is 5.32 Å². The van der Waals surface area contributed by atoms with Crippen LogP contribution in [-0.2, 0) is 19.4 Å². The summed E-state index contributed by atoms with van der Waals surface area (Å²) < 4.78 is 3.45. The third kappa shape index (κ3) is 3.89. The fraction of sp³-hybridized carbons (Fsp3) is 0.824. The Labute approximate surface area is 138 Å². The van der Waals surface area contributed by atoms with Crippen molar-refractivity contribution in [3.05, 3.63) is 15.9 Å². The minimum atomic E-state index is 0.454. The summed E-state index contributed by atoms with van der Waals surface area (Å²) >= 11 is 3.80. The summed E-state index contributed by atoms with van der Waals surface area (Å²) in [5, 5.41) is 8.43. The highest BCUT2D eigenvalue weighted by atomic mass is 79.9. The molecule has 2 rings (SSSR count). The van der Waals surface area contributed by atoms with Gasteiger partial charge in [0.05, 0.1) is 15.9 Å². The quantitative estimate of drug-likeness (QED) is 0.757. The molecule has 1 aromatic heterocycles. The van der Waals surface area contributed by atoms with E-state index in [4.69, 9.17) is 5.10 Å². The van der Waals surface area contributed by atoms with Crippen molar-refractivity contribution >= 4 is 15.9 Å². The number of nitrogens with zero attached hydrogens (tertiary/aromatic N) is 2. The van der Waals surface area contributed by atoms with Gasteiger partial charge in [0, 0.05) is 13.1 Å². The lowest BCUT2D eigenvalue weighted by Gasteiger charge is -2.42. The van der Waals surface area contributed by atoms with E-state index in [9.17, 15) is 0 Å². The van der Waals surface area contributed by atoms with Crippen molar-refractivity contribution in [1.82, 2.24) is 15.1 Å². The Morgan fingerprint density at radius 2 is 2.05 bits per heavy atom. The molecule has 1 saturated carbocycles. The predicted molar refractivity (Wildman–Crippen MR) is 92.7 cm³/mol. The molecule has 1 heterocycles. The van der Waals surface area contributed by atoms with Crippen LogP contribution in [0.3, 0.4) is 0 Å². The summed E-state index contributed by atoms with van der Waals surface area (Å²) in [6.45, 7) is 12.1. The Morgan fingerprint density at radius 3 is 2.52 bits per heavy atom. The van der Waals surface area contributed by atoms with E-state index in [1.54, 1.807) is 0 Å². The van der Waals surface area contributed by atoms with Gasteiger partial charge in [-0.25, -0.2) is 0 Å². The van der Waals surface area contributed by atoms with Gasteiger partial charge in [-0.1, -0.05) is 27.2 Å². The van der Waals surface area contributed by atoms with Gasteiger partial charge in [-0.3, -0.25) is 4.68 Å². The molecule has 1 N–H and O–H groups in total. The number of aromatic nitrogens is 2. The van der Waals surface area contributed by atoms with Crippen LogP contribution in [0.25, 0.3) is 0 Å². The summed E-state index contributed by atoms with van der Waals surface area (Å²) in [6, 6.07) is 0. The van der Waals surface area contributed by atoms with Gasteiger partial charge in [0.25, 0.3) is 0 Å². The maximum Gasteiger partial charge on any atom is 0.0766 e. The van der Waals surface area contributed by atoms with Gasteiger partial charge in [0.15, 0.2) is 0 Å². The first-order valence-corrected chi connectivity index (χ1v) is 9.25. The van der Waals surface area contributed by atoms with Crippen LogP contribution in [0, 0.1) is 11.3 Å². The molecular weight excluding hydrogens is 326 g/mol. The Hall–Kier alpha value is -0.350. The molecule has 0 atom stereocenters. The fourth-order valence-corrected chi connectivity index (χ4v) is 3.96. The highest BCUT2D eigenvalue weighted by Gasteiger charge is 2.38. The average Bonchev–Trinajstić information content (AvgIpc) is 2.71. The van der Waals surface area contributed by atoms with Crippen LogP contribution in [0.1, 0.15) is 58.3 Å². The molecule has 1 aliphatic carbocycles. The monoisotopic (exact) mass is 355 g/mol. The lowest BCUT2D eigenvalue weighted by molar-refractivity contribution is 0.125. The molecule has 3 nitrogen and oxygen atoms in total. The van der Waals surface area contributed by atoms with Crippen LogP contribution < -0.4 is 5.32 Å². The molecule has 1 aliphatic rings. The summed E-state index contributed by atoms with van der Waals surface area (Å²) in [5.41, 5.74) is 3.06. The van der Waals surface area contributed by atoms with E-state index < -0.39 is 0 Å². The van der Waals surface area contributed by atoms with Crippen LogP contribution in [0.15, 0.2) is 4.47 Å². The molecular formula is C17H30BrN3. The first kappa shape index (κ1) is 17.0. The molecule has 1 fully saturated rings. The second kappa shape index (κ2) is 7.28. The van der Waals surface area contributed by atoms with Crippen LogP contribution in [0.2, 0.25) is 0 Å². The summed E-state index contributed by atoms with van der Waals surface area (Å²) in [6.07, 6.45) is 6.22. The van der Waals surface area contributed by atoms with E-state index in [1.165, 1.54) is 35.1 Å². The lowest BCUT2D eigenvalue weighted by atomic mass is 9.66. The molecule has 0 aliphatic heterocycles. The normalized spacial score (nSPS) is 17.2. The van der Waals surface area contributed by atoms with Crippen LogP contribution in [-0.4, -0.2) is 22.9 Å². The molecule has 0 amide bonds. The van der Waals surface area contributed by atoms with Crippen molar-refractivity contribution in [2.75, 3.05) is 13.1 Å². The van der Waals surface area contributed by atoms with Gasteiger partial charge >= 0.3 is 0 Å². The number of aryl methyl sites for hydroxylation is 2. The zero-order chi connectivity index (χ0) is 15.5. The number of halogens is 1. The third-order valence-electron chi connectivity index (χ3n) is 4.70. The lowest BCUT2D eigenvalue weighted by Crippen LogP contribution is -2.43. The predicted octanol–water partition coefficient (Wildman–Crippen LogP) is 4.19. The van der Waals surface area contributed by atoms with Gasteiger partial charge in [-0.2, -0.15) is 5.10 Å². The third-order valence-corrected chi connectivity index (χ3v) is 5.62. The van der Waals surface area contributed by atoms with Crippen LogP contribution in [0.5, 0.6) is 0 Å². The Balaban J connectivity index is 2.09. The van der Waals surface area contributed by atoms with Gasteiger partial charge in [-0.05, 0) is 66.4 Å².